The van der Waals surface area contributed by atoms with Gasteiger partial charge in [0.15, 0.2) is 0 Å². The maximum absolute atomic E-state index is 13.7. The lowest BCUT2D eigenvalue weighted by molar-refractivity contribution is -0.555. The van der Waals surface area contributed by atoms with Crippen molar-refractivity contribution in [2.45, 2.75) is 18.6 Å². The number of nitrogens with one attached hydrogen (secondary N) is 2. The summed E-state index contributed by atoms with van der Waals surface area (Å²) in [5, 5.41) is 21.9. The van der Waals surface area contributed by atoms with Gasteiger partial charge in [0.25, 0.3) is 5.91 Å². The third-order valence-electron chi connectivity index (χ3n) is 6.35. The van der Waals surface area contributed by atoms with Gasteiger partial charge in [-0.05, 0) is 41.5 Å². The third-order valence-corrected chi connectivity index (χ3v) is 6.35. The quantitative estimate of drug-likeness (QED) is 0.538. The smallest absolute Gasteiger partial charge is 0.352 e. The minimum absolute atomic E-state index is 0.00744. The summed E-state index contributed by atoms with van der Waals surface area (Å²) in [7, 11) is 3.25. The number of hydrogen-bond donors (Lipinski definition) is 3. The summed E-state index contributed by atoms with van der Waals surface area (Å²) < 4.78 is 40.3. The number of nitrogens with two attached hydrogens (primary N) is 1. The fourth-order valence-electron chi connectivity index (χ4n) is 4.71. The molecule has 2 aromatic rings. The SMILES string of the molecule is C[NH2+]C=C(C=N)c1cc(C#N)ccc1C1C2=C(CCNC2=O)N(c2cccc(C(F)(F)F)c2)C(=O)N1C. The lowest BCUT2D eigenvalue weighted by Gasteiger charge is -2.44. The number of anilines is 1. The number of halogens is 3. The standard InChI is InChI=1S/C26H23F3N6O2/c1-32-14-16(13-31)20-10-15(12-30)6-7-19(20)23-22-21(8-9-33-24(22)36)35(25(37)34(23)2)18-5-3-4-17(11-18)26(27,28)29/h3-7,10-11,13-14,23,31-32H,8-9H2,1-2H3,(H,33,36)/p+1. The number of benzene rings is 2. The van der Waals surface area contributed by atoms with E-state index in [1.165, 1.54) is 24.1 Å². The Bertz CT molecular complexity index is 1390. The maximum Gasteiger partial charge on any atom is 0.416 e. The number of carbonyl (C=O) groups excluding carboxylic acids is 2. The van der Waals surface area contributed by atoms with E-state index >= 15 is 0 Å². The van der Waals surface area contributed by atoms with Crippen molar-refractivity contribution in [2.24, 2.45) is 0 Å². The van der Waals surface area contributed by atoms with E-state index in [0.29, 0.717) is 28.0 Å². The van der Waals surface area contributed by atoms with Gasteiger partial charge < -0.3 is 20.9 Å². The normalized spacial score (nSPS) is 18.4. The largest absolute Gasteiger partial charge is 0.416 e. The van der Waals surface area contributed by atoms with Gasteiger partial charge in [-0.1, -0.05) is 12.1 Å². The maximum atomic E-state index is 13.7. The molecule has 0 fully saturated rings. The van der Waals surface area contributed by atoms with Gasteiger partial charge in [0.1, 0.15) is 6.20 Å². The number of quaternary nitrogens is 1. The van der Waals surface area contributed by atoms with Crippen LogP contribution in [0.15, 0.2) is 59.9 Å². The van der Waals surface area contributed by atoms with Crippen molar-refractivity contribution >= 4 is 29.4 Å². The van der Waals surface area contributed by atoms with Crippen LogP contribution in [-0.4, -0.2) is 43.7 Å². The van der Waals surface area contributed by atoms with Crippen LogP contribution in [0.1, 0.15) is 34.7 Å². The molecule has 2 aliphatic heterocycles. The number of alkyl halides is 3. The lowest BCUT2D eigenvalue weighted by Crippen LogP contribution is -2.72. The van der Waals surface area contributed by atoms with E-state index in [2.05, 4.69) is 11.4 Å². The van der Waals surface area contributed by atoms with Gasteiger partial charge in [0.05, 0.1) is 47.1 Å². The molecule has 0 aliphatic carbocycles. The number of hydrogen-bond acceptors (Lipinski definition) is 4. The van der Waals surface area contributed by atoms with E-state index in [0.717, 1.165) is 23.2 Å². The Hall–Kier alpha value is -4.43. The fourth-order valence-corrected chi connectivity index (χ4v) is 4.71. The second-order valence-corrected chi connectivity index (χ2v) is 8.56. The van der Waals surface area contributed by atoms with Crippen LogP contribution in [0.3, 0.4) is 0 Å². The first-order valence-corrected chi connectivity index (χ1v) is 11.4. The minimum atomic E-state index is -4.60. The second-order valence-electron chi connectivity index (χ2n) is 8.56. The van der Waals surface area contributed by atoms with Crippen LogP contribution in [-0.2, 0) is 11.0 Å². The van der Waals surface area contributed by atoms with Crippen molar-refractivity contribution in [1.29, 1.82) is 10.7 Å². The zero-order valence-corrected chi connectivity index (χ0v) is 20.1. The number of carbonyl (C=O) groups is 2. The summed E-state index contributed by atoms with van der Waals surface area (Å²) >= 11 is 0. The topological polar surface area (TPSA) is 117 Å². The Morgan fingerprint density at radius 2 is 2.00 bits per heavy atom. The van der Waals surface area contributed by atoms with Crippen LogP contribution in [0.2, 0.25) is 0 Å². The first-order valence-electron chi connectivity index (χ1n) is 11.4. The molecule has 4 N–H and O–H groups in total. The van der Waals surface area contributed by atoms with Gasteiger partial charge >= 0.3 is 12.2 Å². The molecule has 3 amide bonds. The number of urea groups is 1. The van der Waals surface area contributed by atoms with Crippen LogP contribution in [0.4, 0.5) is 23.7 Å². The highest BCUT2D eigenvalue weighted by molar-refractivity contribution is 6.10. The molecule has 37 heavy (non-hydrogen) atoms. The first kappa shape index (κ1) is 25.7. The molecule has 2 heterocycles. The third kappa shape index (κ3) is 4.59. The van der Waals surface area contributed by atoms with Crippen LogP contribution in [0.5, 0.6) is 0 Å². The number of amides is 3. The summed E-state index contributed by atoms with van der Waals surface area (Å²) in [5.41, 5.74) is 1.45. The molecule has 0 spiro atoms. The molecule has 11 heteroatoms. The van der Waals surface area contributed by atoms with Gasteiger partial charge in [0.2, 0.25) is 0 Å². The minimum Gasteiger partial charge on any atom is -0.352 e. The predicted molar refractivity (Wildman–Crippen MR) is 130 cm³/mol. The van der Waals surface area contributed by atoms with Gasteiger partial charge in [-0.3, -0.25) is 9.69 Å². The average molecular weight is 510 g/mol. The van der Waals surface area contributed by atoms with Crippen LogP contribution < -0.4 is 15.5 Å². The number of nitriles is 1. The van der Waals surface area contributed by atoms with Crippen molar-refractivity contribution < 1.29 is 28.1 Å². The van der Waals surface area contributed by atoms with E-state index in [1.807, 2.05) is 0 Å². The summed E-state index contributed by atoms with van der Waals surface area (Å²) in [4.78, 5) is 29.4. The molecule has 1 unspecified atom stereocenters. The highest BCUT2D eigenvalue weighted by Crippen LogP contribution is 2.43. The first-order chi connectivity index (χ1) is 17.6. The Kier molecular flexibility index (Phi) is 6.87. The van der Waals surface area contributed by atoms with Gasteiger partial charge in [0, 0.05) is 31.9 Å². The molecule has 1 atom stereocenters. The summed E-state index contributed by atoms with van der Waals surface area (Å²) in [6.45, 7) is 0.216. The Morgan fingerprint density at radius 1 is 1.24 bits per heavy atom. The van der Waals surface area contributed by atoms with E-state index in [-0.39, 0.29) is 24.2 Å². The van der Waals surface area contributed by atoms with Crippen molar-refractivity contribution in [1.82, 2.24) is 10.2 Å². The second kappa shape index (κ2) is 9.91. The number of likely N-dealkylation sites (N-methyl/N-ethyl adjacent to an activating group) is 1. The predicted octanol–water partition coefficient (Wildman–Crippen LogP) is 3.15. The molecule has 0 bridgehead atoms. The van der Waals surface area contributed by atoms with Gasteiger partial charge in [-0.15, -0.1) is 0 Å². The van der Waals surface area contributed by atoms with E-state index in [9.17, 15) is 28.0 Å². The van der Waals surface area contributed by atoms with Crippen molar-refractivity contribution in [3.8, 4) is 6.07 Å². The highest BCUT2D eigenvalue weighted by atomic mass is 19.4. The Morgan fingerprint density at radius 3 is 2.65 bits per heavy atom. The summed E-state index contributed by atoms with van der Waals surface area (Å²) in [5.74, 6) is -0.444. The summed E-state index contributed by atoms with van der Waals surface area (Å²) in [6.07, 6.45) is -1.57. The number of nitrogens with zero attached hydrogens (tertiary/aromatic N) is 3. The number of allylic oxidation sites excluding steroid dienone is 1. The highest BCUT2D eigenvalue weighted by Gasteiger charge is 2.44. The van der Waals surface area contributed by atoms with Crippen LogP contribution >= 0.6 is 0 Å². The van der Waals surface area contributed by atoms with Gasteiger partial charge in [-0.25, -0.2) is 4.79 Å². The molecule has 4 rings (SSSR count). The molecule has 0 saturated carbocycles. The number of rotatable bonds is 5. The Labute approximate surface area is 211 Å². The van der Waals surface area contributed by atoms with Crippen molar-refractivity contribution in [2.75, 3.05) is 25.5 Å². The van der Waals surface area contributed by atoms with E-state index in [4.69, 9.17) is 5.41 Å². The average Bonchev–Trinajstić information content (AvgIpc) is 2.88. The molecule has 8 nitrogen and oxygen atoms in total. The summed E-state index contributed by atoms with van der Waals surface area (Å²) in [6, 6.07) is 9.80. The molecule has 190 valence electrons. The zero-order chi connectivity index (χ0) is 26.9. The Balaban J connectivity index is 1.97. The van der Waals surface area contributed by atoms with Gasteiger partial charge in [-0.2, -0.15) is 18.4 Å². The van der Waals surface area contributed by atoms with E-state index in [1.54, 1.807) is 36.8 Å². The monoisotopic (exact) mass is 509 g/mol. The van der Waals surface area contributed by atoms with Crippen molar-refractivity contribution in [3.63, 3.8) is 0 Å². The molecular weight excluding hydrogens is 485 g/mol. The van der Waals surface area contributed by atoms with Crippen molar-refractivity contribution in [3.05, 3.63) is 82.2 Å². The molecule has 0 radical (unpaired) electrons. The molecule has 0 saturated heterocycles. The van der Waals surface area contributed by atoms with Crippen LogP contribution in [0.25, 0.3) is 5.57 Å². The fraction of sp³-hybridized carbons (Fsp3) is 0.231. The zero-order valence-electron chi connectivity index (χ0n) is 20.1. The molecule has 0 aromatic heterocycles. The molecule has 2 aliphatic rings. The molecular formula is C26H24F3N6O2+. The van der Waals surface area contributed by atoms with Crippen LogP contribution in [0, 0.1) is 16.7 Å². The van der Waals surface area contributed by atoms with E-state index < -0.39 is 29.7 Å². The lowest BCUT2D eigenvalue weighted by atomic mass is 9.85. The molecule has 2 aromatic carbocycles.